The molecule has 3 heterocycles. The summed E-state index contributed by atoms with van der Waals surface area (Å²) in [5, 5.41) is 1.22. The Morgan fingerprint density at radius 1 is 1.00 bits per heavy atom. The topological polar surface area (TPSA) is 56.4 Å². The zero-order valence-electron chi connectivity index (χ0n) is 15.0. The number of likely N-dealkylation sites (tertiary alicyclic amines) is 1. The number of carbonyl (C=O) groups is 2. The molecular weight excluding hydrogens is 338 g/mol. The fourth-order valence-corrected chi connectivity index (χ4v) is 4.34. The van der Waals surface area contributed by atoms with Crippen LogP contribution in [0.2, 0.25) is 0 Å². The molecule has 5 rings (SSSR count). The first-order chi connectivity index (χ1) is 13.2. The third-order valence-electron chi connectivity index (χ3n) is 5.76. The van der Waals surface area contributed by atoms with Crippen molar-refractivity contribution in [3.8, 4) is 0 Å². The van der Waals surface area contributed by atoms with Crippen molar-refractivity contribution in [3.63, 3.8) is 0 Å². The van der Waals surface area contributed by atoms with Crippen LogP contribution in [0.1, 0.15) is 23.2 Å². The van der Waals surface area contributed by atoms with Crippen LogP contribution in [0.5, 0.6) is 0 Å². The molecule has 2 amide bonds. The van der Waals surface area contributed by atoms with E-state index in [1.165, 1.54) is 21.5 Å². The molecule has 1 fully saturated rings. The lowest BCUT2D eigenvalue weighted by Gasteiger charge is -2.31. The number of aromatic nitrogens is 1. The summed E-state index contributed by atoms with van der Waals surface area (Å²) in [7, 11) is 0. The molecule has 1 atom stereocenters. The van der Waals surface area contributed by atoms with Crippen molar-refractivity contribution >= 4 is 22.7 Å². The van der Waals surface area contributed by atoms with E-state index in [1.54, 1.807) is 0 Å². The van der Waals surface area contributed by atoms with Gasteiger partial charge in [-0.05, 0) is 17.2 Å². The molecule has 0 bridgehead atoms. The maximum absolute atomic E-state index is 13.0. The van der Waals surface area contributed by atoms with E-state index in [0.29, 0.717) is 13.1 Å². The van der Waals surface area contributed by atoms with Gasteiger partial charge in [0.15, 0.2) is 0 Å². The molecule has 1 N–H and O–H groups in total. The van der Waals surface area contributed by atoms with E-state index in [2.05, 4.69) is 22.0 Å². The van der Waals surface area contributed by atoms with E-state index >= 15 is 0 Å². The second-order valence-electron chi connectivity index (χ2n) is 7.37. The predicted octanol–water partition coefficient (Wildman–Crippen LogP) is 2.85. The van der Waals surface area contributed by atoms with Crippen LogP contribution in [-0.2, 0) is 29.1 Å². The number of hydrogen-bond acceptors (Lipinski definition) is 3. The molecule has 2 aliphatic heterocycles. The number of benzene rings is 2. The largest absolute Gasteiger partial charge is 0.358 e. The minimum Gasteiger partial charge on any atom is -0.358 e. The highest BCUT2D eigenvalue weighted by molar-refractivity contribution is 6.05. The van der Waals surface area contributed by atoms with E-state index in [1.807, 2.05) is 42.5 Å². The number of nitrogens with one attached hydrogen (secondary N) is 1. The second kappa shape index (κ2) is 6.35. The normalized spacial score (nSPS) is 20.4. The van der Waals surface area contributed by atoms with Crippen LogP contribution in [0.4, 0.5) is 0 Å². The second-order valence-corrected chi connectivity index (χ2v) is 7.37. The van der Waals surface area contributed by atoms with E-state index in [9.17, 15) is 9.59 Å². The lowest BCUT2D eigenvalue weighted by molar-refractivity contribution is -0.140. The molecule has 0 unspecified atom stereocenters. The van der Waals surface area contributed by atoms with Gasteiger partial charge in [-0.2, -0.15) is 0 Å². The number of nitrogens with zero attached hydrogens (tertiary/aromatic N) is 2. The number of H-pyrrole nitrogens is 1. The van der Waals surface area contributed by atoms with Crippen molar-refractivity contribution in [2.24, 2.45) is 0 Å². The third-order valence-corrected chi connectivity index (χ3v) is 5.76. The number of imide groups is 1. The minimum atomic E-state index is -0.344. The molecule has 2 aromatic carbocycles. The molecule has 1 aromatic heterocycles. The van der Waals surface area contributed by atoms with Crippen LogP contribution in [-0.4, -0.2) is 39.2 Å². The number of rotatable bonds is 3. The summed E-state index contributed by atoms with van der Waals surface area (Å²) in [5.41, 5.74) is 4.64. The van der Waals surface area contributed by atoms with Gasteiger partial charge in [0, 0.05) is 36.1 Å². The fourth-order valence-electron chi connectivity index (χ4n) is 4.34. The molecule has 0 aliphatic carbocycles. The van der Waals surface area contributed by atoms with Crippen molar-refractivity contribution in [2.45, 2.75) is 32.0 Å². The number of hydrogen-bond donors (Lipinski definition) is 1. The molecule has 136 valence electrons. The van der Waals surface area contributed by atoms with Gasteiger partial charge in [-0.3, -0.25) is 19.4 Å². The average Bonchev–Trinajstić information content (AvgIpc) is 3.20. The SMILES string of the molecule is O=C1C[C@H](N2CCc3[nH]c4ccccc4c3C2)C(=O)N1Cc1ccccc1. The van der Waals surface area contributed by atoms with Crippen LogP contribution in [0.25, 0.3) is 10.9 Å². The first kappa shape index (κ1) is 16.3. The summed E-state index contributed by atoms with van der Waals surface area (Å²) >= 11 is 0. The monoisotopic (exact) mass is 359 g/mol. The molecular formula is C22H21N3O2. The van der Waals surface area contributed by atoms with Crippen LogP contribution in [0.3, 0.4) is 0 Å². The predicted molar refractivity (Wildman–Crippen MR) is 103 cm³/mol. The highest BCUT2D eigenvalue weighted by Gasteiger charge is 2.42. The molecule has 5 nitrogen and oxygen atoms in total. The van der Waals surface area contributed by atoms with Gasteiger partial charge < -0.3 is 4.98 Å². The maximum atomic E-state index is 13.0. The average molecular weight is 359 g/mol. The van der Waals surface area contributed by atoms with E-state index < -0.39 is 0 Å². The van der Waals surface area contributed by atoms with Crippen LogP contribution >= 0.6 is 0 Å². The third kappa shape index (κ3) is 2.75. The molecule has 0 radical (unpaired) electrons. The molecule has 0 spiro atoms. The molecule has 0 saturated carbocycles. The number of amides is 2. The Hall–Kier alpha value is -2.92. The quantitative estimate of drug-likeness (QED) is 0.732. The van der Waals surface area contributed by atoms with Crippen molar-refractivity contribution in [3.05, 3.63) is 71.4 Å². The van der Waals surface area contributed by atoms with Gasteiger partial charge >= 0.3 is 0 Å². The van der Waals surface area contributed by atoms with Gasteiger partial charge in [-0.1, -0.05) is 48.5 Å². The zero-order chi connectivity index (χ0) is 18.4. The lowest BCUT2D eigenvalue weighted by atomic mass is 10.0. The van der Waals surface area contributed by atoms with Crippen LogP contribution < -0.4 is 0 Å². The first-order valence-corrected chi connectivity index (χ1v) is 9.41. The van der Waals surface area contributed by atoms with Crippen LogP contribution in [0.15, 0.2) is 54.6 Å². The number of carbonyl (C=O) groups excluding carboxylic acids is 2. The summed E-state index contributed by atoms with van der Waals surface area (Å²) < 4.78 is 0. The summed E-state index contributed by atoms with van der Waals surface area (Å²) in [5.74, 6) is -0.134. The van der Waals surface area contributed by atoms with Gasteiger partial charge in [0.1, 0.15) is 0 Å². The Morgan fingerprint density at radius 2 is 1.78 bits per heavy atom. The lowest BCUT2D eigenvalue weighted by Crippen LogP contribution is -2.44. The maximum Gasteiger partial charge on any atom is 0.247 e. The Kier molecular flexibility index (Phi) is 3.83. The number of aromatic amines is 1. The van der Waals surface area contributed by atoms with Crippen molar-refractivity contribution in [2.75, 3.05) is 6.54 Å². The summed E-state index contributed by atoms with van der Waals surface area (Å²) in [6, 6.07) is 17.6. The van der Waals surface area contributed by atoms with E-state index in [4.69, 9.17) is 0 Å². The Morgan fingerprint density at radius 3 is 2.63 bits per heavy atom. The van der Waals surface area contributed by atoms with E-state index in [-0.39, 0.29) is 24.3 Å². The van der Waals surface area contributed by atoms with Gasteiger partial charge in [-0.25, -0.2) is 0 Å². The molecule has 5 heteroatoms. The van der Waals surface area contributed by atoms with E-state index in [0.717, 1.165) is 24.0 Å². The molecule has 27 heavy (non-hydrogen) atoms. The zero-order valence-corrected chi connectivity index (χ0v) is 15.0. The first-order valence-electron chi connectivity index (χ1n) is 9.41. The molecule has 2 aliphatic rings. The van der Waals surface area contributed by atoms with Crippen molar-refractivity contribution < 1.29 is 9.59 Å². The minimum absolute atomic E-state index is 0.0628. The van der Waals surface area contributed by atoms with Gasteiger partial charge in [0.2, 0.25) is 11.8 Å². The Labute approximate surface area is 157 Å². The molecule has 3 aromatic rings. The Bertz CT molecular complexity index is 1020. The van der Waals surface area contributed by atoms with Crippen molar-refractivity contribution in [1.82, 2.24) is 14.8 Å². The smallest absolute Gasteiger partial charge is 0.247 e. The van der Waals surface area contributed by atoms with Gasteiger partial charge in [-0.15, -0.1) is 0 Å². The van der Waals surface area contributed by atoms with Crippen molar-refractivity contribution in [1.29, 1.82) is 0 Å². The van der Waals surface area contributed by atoms with Gasteiger partial charge in [0.25, 0.3) is 0 Å². The summed E-state index contributed by atoms with van der Waals surface area (Å²) in [6.07, 6.45) is 1.16. The van der Waals surface area contributed by atoms with Crippen LogP contribution in [0, 0.1) is 0 Å². The summed E-state index contributed by atoms with van der Waals surface area (Å²) in [4.78, 5) is 32.6. The molecule has 1 saturated heterocycles. The Balaban J connectivity index is 1.38. The number of fused-ring (bicyclic) bond motifs is 3. The highest BCUT2D eigenvalue weighted by Crippen LogP contribution is 2.31. The van der Waals surface area contributed by atoms with Gasteiger partial charge in [0.05, 0.1) is 19.0 Å². The highest BCUT2D eigenvalue weighted by atomic mass is 16.2. The summed E-state index contributed by atoms with van der Waals surface area (Å²) in [6.45, 7) is 1.87. The fraction of sp³-hybridized carbons (Fsp3) is 0.273. The standard InChI is InChI=1S/C22H21N3O2/c26-21-12-20(22(27)25(21)13-15-6-2-1-3-7-15)24-11-10-19-17(14-24)16-8-4-5-9-18(16)23-19/h1-9,20,23H,10-14H2/t20-/m0/s1. The number of para-hydroxylation sites is 1.